The van der Waals surface area contributed by atoms with Gasteiger partial charge in [-0.05, 0) is 60.9 Å². The number of carbonyl (C=O) groups excluding carboxylic acids is 2. The van der Waals surface area contributed by atoms with Crippen molar-refractivity contribution in [1.82, 2.24) is 4.90 Å². The first kappa shape index (κ1) is 25.1. The average molecular weight is 485 g/mol. The lowest BCUT2D eigenvalue weighted by molar-refractivity contribution is -0.136. The van der Waals surface area contributed by atoms with Crippen molar-refractivity contribution < 1.29 is 28.5 Å². The summed E-state index contributed by atoms with van der Waals surface area (Å²) in [6, 6.07) is 10.2. The van der Waals surface area contributed by atoms with Gasteiger partial charge in [0, 0.05) is 18.1 Å². The number of morpholine rings is 1. The Morgan fingerprint density at radius 3 is 2.44 bits per heavy atom. The zero-order chi connectivity index (χ0) is 24.7. The van der Waals surface area contributed by atoms with Crippen molar-refractivity contribution in [2.75, 3.05) is 40.0 Å². The molecular weight excluding hydrogens is 460 g/mol. The van der Waals surface area contributed by atoms with Crippen LogP contribution in [-0.4, -0.2) is 56.8 Å². The van der Waals surface area contributed by atoms with Gasteiger partial charge in [0.05, 0.1) is 20.3 Å². The summed E-state index contributed by atoms with van der Waals surface area (Å²) in [6.07, 6.45) is 1.47. The molecule has 1 amide bonds. The van der Waals surface area contributed by atoms with E-state index in [2.05, 4.69) is 0 Å². The highest BCUT2D eigenvalue weighted by atomic mass is 35.5. The molecule has 0 unspecified atom stereocenters. The Bertz CT molecular complexity index is 1130. The van der Waals surface area contributed by atoms with Crippen LogP contribution in [0.4, 0.5) is 0 Å². The number of nitrogens with zero attached hydrogens (tertiary/aromatic N) is 2. The first-order valence-corrected chi connectivity index (χ1v) is 11.0. The van der Waals surface area contributed by atoms with E-state index in [-0.39, 0.29) is 29.6 Å². The summed E-state index contributed by atoms with van der Waals surface area (Å²) < 4.78 is 21.5. The monoisotopic (exact) mass is 484 g/mol. The number of hydrogen-bond acceptors (Lipinski definition) is 7. The molecule has 0 spiro atoms. The van der Waals surface area contributed by atoms with Crippen molar-refractivity contribution in [3.63, 3.8) is 0 Å². The lowest BCUT2D eigenvalue weighted by atomic mass is 10.1. The summed E-state index contributed by atoms with van der Waals surface area (Å²) in [7, 11) is 1.43. The van der Waals surface area contributed by atoms with Crippen molar-refractivity contribution in [2.45, 2.75) is 13.8 Å². The molecule has 0 bridgehead atoms. The maximum atomic E-state index is 12.6. The number of aryl methyl sites for hydroxylation is 2. The van der Waals surface area contributed by atoms with Crippen LogP contribution in [0, 0.1) is 25.2 Å². The number of ether oxygens (including phenoxy) is 4. The minimum absolute atomic E-state index is 0.00403. The molecule has 0 aliphatic carbocycles. The maximum Gasteiger partial charge on any atom is 0.349 e. The average Bonchev–Trinajstić information content (AvgIpc) is 2.85. The van der Waals surface area contributed by atoms with Gasteiger partial charge >= 0.3 is 5.97 Å². The van der Waals surface area contributed by atoms with Gasteiger partial charge in [-0.3, -0.25) is 4.79 Å². The molecule has 0 atom stereocenters. The van der Waals surface area contributed by atoms with E-state index in [1.807, 2.05) is 19.9 Å². The van der Waals surface area contributed by atoms with Gasteiger partial charge in [-0.25, -0.2) is 4.79 Å². The first-order valence-electron chi connectivity index (χ1n) is 10.6. The molecule has 1 aliphatic heterocycles. The quantitative estimate of drug-likeness (QED) is 0.255. The van der Waals surface area contributed by atoms with Gasteiger partial charge in [0.1, 0.15) is 17.4 Å². The molecular formula is C25H25ClN2O6. The van der Waals surface area contributed by atoms with Gasteiger partial charge in [0.15, 0.2) is 18.1 Å². The summed E-state index contributed by atoms with van der Waals surface area (Å²) in [5, 5.41) is 10.1. The highest BCUT2D eigenvalue weighted by molar-refractivity contribution is 6.32. The molecule has 0 radical (unpaired) electrons. The zero-order valence-electron chi connectivity index (χ0n) is 19.2. The van der Waals surface area contributed by atoms with Crippen molar-refractivity contribution in [3.05, 3.63) is 57.6 Å². The van der Waals surface area contributed by atoms with E-state index in [9.17, 15) is 14.9 Å². The predicted octanol–water partition coefficient (Wildman–Crippen LogP) is 3.72. The first-order chi connectivity index (χ1) is 16.3. The molecule has 3 rings (SSSR count). The molecule has 1 fully saturated rings. The minimum Gasteiger partial charge on any atom is -0.493 e. The second kappa shape index (κ2) is 11.5. The largest absolute Gasteiger partial charge is 0.493 e. The topological polar surface area (TPSA) is 98.1 Å². The van der Waals surface area contributed by atoms with Gasteiger partial charge in [0.2, 0.25) is 0 Å². The zero-order valence-corrected chi connectivity index (χ0v) is 20.0. The Hall–Kier alpha value is -3.54. The van der Waals surface area contributed by atoms with E-state index in [1.54, 1.807) is 29.2 Å². The Kier molecular flexibility index (Phi) is 8.52. The molecule has 0 N–H and O–H groups in total. The molecule has 1 aliphatic rings. The molecule has 1 saturated heterocycles. The normalized spacial score (nSPS) is 13.7. The Morgan fingerprint density at radius 2 is 1.82 bits per heavy atom. The van der Waals surface area contributed by atoms with Crippen LogP contribution in [0.25, 0.3) is 6.08 Å². The Balaban J connectivity index is 1.68. The Morgan fingerprint density at radius 1 is 1.15 bits per heavy atom. The number of carbonyl (C=O) groups is 2. The smallest absolute Gasteiger partial charge is 0.349 e. The molecule has 9 heteroatoms. The fourth-order valence-electron chi connectivity index (χ4n) is 3.39. The summed E-state index contributed by atoms with van der Waals surface area (Å²) in [5.74, 6) is 0.000965. The standard InChI is InChI=1S/C25H25ClN2O6/c1-16-10-20(11-17(2)24(16)26)33-15-23(29)34-21-5-4-18(13-22(21)31-3)12-19(14-27)25(30)28-6-8-32-9-7-28/h4-5,10-13H,6-9,15H2,1-3H3/b19-12+. The van der Waals surface area contributed by atoms with Crippen LogP contribution in [0.15, 0.2) is 35.9 Å². The highest BCUT2D eigenvalue weighted by Crippen LogP contribution is 2.30. The lowest BCUT2D eigenvalue weighted by Gasteiger charge is -2.26. The molecule has 2 aromatic carbocycles. The van der Waals surface area contributed by atoms with Gasteiger partial charge in [-0.2, -0.15) is 5.26 Å². The SMILES string of the molecule is COc1cc(/C=C(\C#N)C(=O)N2CCOCC2)ccc1OC(=O)COc1cc(C)c(Cl)c(C)c1. The van der Waals surface area contributed by atoms with E-state index >= 15 is 0 Å². The lowest BCUT2D eigenvalue weighted by Crippen LogP contribution is -2.41. The molecule has 1 heterocycles. The van der Waals surface area contributed by atoms with Gasteiger partial charge < -0.3 is 23.8 Å². The van der Waals surface area contributed by atoms with Crippen molar-refractivity contribution in [1.29, 1.82) is 5.26 Å². The molecule has 0 aromatic heterocycles. The minimum atomic E-state index is -0.618. The second-order valence-electron chi connectivity index (χ2n) is 7.62. The fourth-order valence-corrected chi connectivity index (χ4v) is 3.50. The predicted molar refractivity (Wildman–Crippen MR) is 126 cm³/mol. The second-order valence-corrected chi connectivity index (χ2v) is 8.00. The Labute approximate surface area is 203 Å². The number of nitriles is 1. The van der Waals surface area contributed by atoms with Crippen LogP contribution >= 0.6 is 11.6 Å². The third-order valence-electron chi connectivity index (χ3n) is 5.14. The molecule has 34 heavy (non-hydrogen) atoms. The van der Waals surface area contributed by atoms with Crippen molar-refractivity contribution >= 4 is 29.6 Å². The van der Waals surface area contributed by atoms with Crippen LogP contribution in [0.1, 0.15) is 16.7 Å². The number of amides is 1. The number of methoxy groups -OCH3 is 1. The summed E-state index contributed by atoms with van der Waals surface area (Å²) in [5.41, 5.74) is 2.24. The number of benzene rings is 2. The van der Waals surface area contributed by atoms with Gasteiger partial charge in [-0.1, -0.05) is 17.7 Å². The number of hydrogen-bond donors (Lipinski definition) is 0. The van der Waals surface area contributed by atoms with Crippen LogP contribution in [-0.2, 0) is 14.3 Å². The maximum absolute atomic E-state index is 12.6. The summed E-state index contributed by atoms with van der Waals surface area (Å²) >= 11 is 6.15. The van der Waals surface area contributed by atoms with Gasteiger partial charge in [0.25, 0.3) is 5.91 Å². The van der Waals surface area contributed by atoms with Crippen LogP contribution in [0.2, 0.25) is 5.02 Å². The summed E-state index contributed by atoms with van der Waals surface area (Å²) in [6.45, 7) is 5.17. The van der Waals surface area contributed by atoms with E-state index in [0.717, 1.165) is 11.1 Å². The van der Waals surface area contributed by atoms with Crippen LogP contribution in [0.5, 0.6) is 17.2 Å². The van der Waals surface area contributed by atoms with Crippen molar-refractivity contribution in [3.8, 4) is 23.3 Å². The molecule has 0 saturated carbocycles. The third-order valence-corrected chi connectivity index (χ3v) is 5.73. The van der Waals surface area contributed by atoms with E-state index < -0.39 is 5.97 Å². The molecule has 178 valence electrons. The van der Waals surface area contributed by atoms with Crippen LogP contribution < -0.4 is 14.2 Å². The fraction of sp³-hybridized carbons (Fsp3) is 0.320. The van der Waals surface area contributed by atoms with Crippen LogP contribution in [0.3, 0.4) is 0 Å². The highest BCUT2D eigenvalue weighted by Gasteiger charge is 2.21. The third kappa shape index (κ3) is 6.28. The van der Waals surface area contributed by atoms with E-state index in [4.69, 9.17) is 30.5 Å². The molecule has 2 aromatic rings. The molecule has 8 nitrogen and oxygen atoms in total. The van der Waals surface area contributed by atoms with E-state index in [0.29, 0.717) is 42.6 Å². The number of halogens is 1. The number of rotatable bonds is 7. The van der Waals surface area contributed by atoms with Crippen molar-refractivity contribution in [2.24, 2.45) is 0 Å². The number of esters is 1. The van der Waals surface area contributed by atoms with E-state index in [1.165, 1.54) is 19.3 Å². The van der Waals surface area contributed by atoms with Gasteiger partial charge in [-0.15, -0.1) is 0 Å². The summed E-state index contributed by atoms with van der Waals surface area (Å²) in [4.78, 5) is 26.5.